The normalized spacial score (nSPS) is 11.9. The maximum Gasteiger partial charge on any atom is 0.391 e. The highest BCUT2D eigenvalue weighted by Gasteiger charge is 2.26. The minimum Gasteiger partial charge on any atom is -0.619 e. The number of alkyl halides is 3. The molecule has 0 aliphatic heterocycles. The van der Waals surface area contributed by atoms with E-state index in [-0.39, 0.29) is 19.8 Å². The van der Waals surface area contributed by atoms with Crippen LogP contribution in [0, 0.1) is 19.1 Å². The van der Waals surface area contributed by atoms with Crippen LogP contribution >= 0.6 is 11.8 Å². The maximum atomic E-state index is 11.8. The van der Waals surface area contributed by atoms with Gasteiger partial charge in [0.25, 0.3) is 0 Å². The summed E-state index contributed by atoms with van der Waals surface area (Å²) >= 11 is 1.57. The quantitative estimate of drug-likeness (QED) is 0.300. The Kier molecular flexibility index (Phi) is 7.98. The molecule has 0 fully saturated rings. The third-order valence-corrected chi connectivity index (χ3v) is 4.12. The second-order valence-electron chi connectivity index (χ2n) is 4.65. The maximum absolute atomic E-state index is 11.8. The van der Waals surface area contributed by atoms with Crippen molar-refractivity contribution in [1.82, 2.24) is 0 Å². The average Bonchev–Trinajstić information content (AvgIpc) is 2.44. The molecule has 4 nitrogen and oxygen atoms in total. The summed E-state index contributed by atoms with van der Waals surface area (Å²) in [6, 6.07) is 1.76. The Morgan fingerprint density at radius 2 is 1.77 bits per heavy atom. The SMILES string of the molecule is Cc1c(SCCOCCOCCC(F)(F)F)cc[n+]([O-])c1C. The van der Waals surface area contributed by atoms with E-state index in [4.69, 9.17) is 9.47 Å². The molecule has 0 atom stereocenters. The van der Waals surface area contributed by atoms with Crippen LogP contribution < -0.4 is 4.73 Å². The molecule has 0 radical (unpaired) electrons. The van der Waals surface area contributed by atoms with Gasteiger partial charge in [0.1, 0.15) is 0 Å². The monoisotopic (exact) mass is 339 g/mol. The van der Waals surface area contributed by atoms with Crippen molar-refractivity contribution in [2.24, 2.45) is 0 Å². The molecule has 0 unspecified atom stereocenters. The Balaban J connectivity index is 2.08. The van der Waals surface area contributed by atoms with Gasteiger partial charge in [0.05, 0.1) is 32.8 Å². The molecule has 0 spiro atoms. The highest BCUT2D eigenvalue weighted by Crippen LogP contribution is 2.22. The van der Waals surface area contributed by atoms with Crippen LogP contribution in [0.1, 0.15) is 17.7 Å². The van der Waals surface area contributed by atoms with Crippen molar-refractivity contribution < 1.29 is 27.4 Å². The van der Waals surface area contributed by atoms with Gasteiger partial charge in [-0.2, -0.15) is 17.9 Å². The number of aromatic nitrogens is 1. The van der Waals surface area contributed by atoms with Gasteiger partial charge < -0.3 is 14.7 Å². The Morgan fingerprint density at radius 1 is 1.14 bits per heavy atom. The predicted molar refractivity (Wildman–Crippen MR) is 77.9 cm³/mol. The van der Waals surface area contributed by atoms with Gasteiger partial charge in [-0.1, -0.05) is 0 Å². The van der Waals surface area contributed by atoms with Gasteiger partial charge in [-0.25, -0.2) is 0 Å². The number of thioether (sulfide) groups is 1. The van der Waals surface area contributed by atoms with Gasteiger partial charge in [0, 0.05) is 29.2 Å². The standard InChI is InChI=1S/C14H20F3NO3S/c1-11-12(2)18(19)5-3-13(11)22-10-9-21-8-7-20-6-4-14(15,16)17/h3,5H,4,6-10H2,1-2H3. The number of hydrogen-bond acceptors (Lipinski definition) is 4. The zero-order chi connectivity index (χ0) is 16.6. The third kappa shape index (κ3) is 7.33. The first-order valence-electron chi connectivity index (χ1n) is 6.85. The number of ether oxygens (including phenoxy) is 2. The summed E-state index contributed by atoms with van der Waals surface area (Å²) in [7, 11) is 0. The Bertz CT molecular complexity index is 469. The van der Waals surface area contributed by atoms with Crippen molar-refractivity contribution in [1.29, 1.82) is 0 Å². The van der Waals surface area contributed by atoms with Gasteiger partial charge in [-0.15, -0.1) is 11.8 Å². The summed E-state index contributed by atoms with van der Waals surface area (Å²) in [5.41, 5.74) is 1.61. The average molecular weight is 339 g/mol. The van der Waals surface area contributed by atoms with Crippen molar-refractivity contribution in [2.45, 2.75) is 31.3 Å². The molecule has 0 aromatic carbocycles. The zero-order valence-corrected chi connectivity index (χ0v) is 13.4. The molecule has 0 aliphatic rings. The first-order chi connectivity index (χ1) is 10.3. The third-order valence-electron chi connectivity index (χ3n) is 2.99. The first-order valence-corrected chi connectivity index (χ1v) is 7.84. The van der Waals surface area contributed by atoms with Crippen molar-refractivity contribution >= 4 is 11.8 Å². The smallest absolute Gasteiger partial charge is 0.391 e. The second-order valence-corrected chi connectivity index (χ2v) is 5.79. The van der Waals surface area contributed by atoms with Crippen LogP contribution in [0.2, 0.25) is 0 Å². The molecule has 1 rings (SSSR count). The van der Waals surface area contributed by atoms with Gasteiger partial charge in [0.15, 0.2) is 11.9 Å². The van der Waals surface area contributed by atoms with E-state index in [1.165, 1.54) is 6.20 Å². The van der Waals surface area contributed by atoms with Crippen molar-refractivity contribution in [3.05, 3.63) is 28.7 Å². The fourth-order valence-electron chi connectivity index (χ4n) is 1.59. The number of rotatable bonds is 9. The van der Waals surface area contributed by atoms with E-state index >= 15 is 0 Å². The van der Waals surface area contributed by atoms with Crippen LogP contribution in [0.25, 0.3) is 0 Å². The molecule has 1 heterocycles. The number of halogens is 3. The lowest BCUT2D eigenvalue weighted by Crippen LogP contribution is -2.30. The van der Waals surface area contributed by atoms with Crippen molar-refractivity contribution in [3.8, 4) is 0 Å². The van der Waals surface area contributed by atoms with Crippen LogP contribution in [0.15, 0.2) is 17.2 Å². The zero-order valence-electron chi connectivity index (χ0n) is 12.6. The van der Waals surface area contributed by atoms with Crippen molar-refractivity contribution in [3.63, 3.8) is 0 Å². The Hall–Kier alpha value is -0.990. The predicted octanol–water partition coefficient (Wildman–Crippen LogP) is 3.01. The molecular formula is C14H20F3NO3S. The van der Waals surface area contributed by atoms with Gasteiger partial charge in [0.2, 0.25) is 0 Å². The second kappa shape index (κ2) is 9.22. The summed E-state index contributed by atoms with van der Waals surface area (Å²) in [6.45, 7) is 4.21. The van der Waals surface area contributed by atoms with Crippen LogP contribution in [-0.2, 0) is 9.47 Å². The number of hydrogen-bond donors (Lipinski definition) is 0. The van der Waals surface area contributed by atoms with Crippen LogP contribution in [0.4, 0.5) is 13.2 Å². The van der Waals surface area contributed by atoms with E-state index in [0.717, 1.165) is 15.2 Å². The fourth-order valence-corrected chi connectivity index (χ4v) is 2.53. The minimum absolute atomic E-state index is 0.153. The summed E-state index contributed by atoms with van der Waals surface area (Å²) in [6.07, 6.45) is -3.64. The number of pyridine rings is 1. The van der Waals surface area contributed by atoms with Gasteiger partial charge in [-0.05, 0) is 6.92 Å². The molecule has 0 amide bonds. The number of nitrogens with zero attached hydrogens (tertiary/aromatic N) is 1. The lowest BCUT2D eigenvalue weighted by atomic mass is 10.2. The Labute approximate surface area is 132 Å². The topological polar surface area (TPSA) is 45.4 Å². The molecule has 0 aliphatic carbocycles. The van der Waals surface area contributed by atoms with E-state index in [0.29, 0.717) is 18.1 Å². The van der Waals surface area contributed by atoms with E-state index in [1.807, 2.05) is 6.92 Å². The largest absolute Gasteiger partial charge is 0.619 e. The Morgan fingerprint density at radius 3 is 2.41 bits per heavy atom. The molecule has 0 bridgehead atoms. The fraction of sp³-hybridized carbons (Fsp3) is 0.643. The lowest BCUT2D eigenvalue weighted by molar-refractivity contribution is -0.613. The van der Waals surface area contributed by atoms with E-state index < -0.39 is 12.6 Å². The summed E-state index contributed by atoms with van der Waals surface area (Å²) in [4.78, 5) is 1.02. The summed E-state index contributed by atoms with van der Waals surface area (Å²) in [5.74, 6) is 0.700. The first kappa shape index (κ1) is 19.1. The molecule has 126 valence electrons. The molecule has 1 aromatic rings. The molecule has 0 N–H and O–H groups in total. The molecule has 1 aromatic heterocycles. The van der Waals surface area contributed by atoms with Crippen LogP contribution in [-0.4, -0.2) is 38.4 Å². The summed E-state index contributed by atoms with van der Waals surface area (Å²) in [5, 5.41) is 11.4. The van der Waals surface area contributed by atoms with Crippen LogP contribution in [0.5, 0.6) is 0 Å². The highest BCUT2D eigenvalue weighted by molar-refractivity contribution is 7.99. The highest BCUT2D eigenvalue weighted by atomic mass is 32.2. The molecule has 0 saturated carbocycles. The molecular weight excluding hydrogens is 319 g/mol. The molecule has 0 saturated heterocycles. The molecule has 8 heteroatoms. The summed E-state index contributed by atoms with van der Waals surface area (Å²) < 4.78 is 46.5. The van der Waals surface area contributed by atoms with E-state index in [9.17, 15) is 18.4 Å². The van der Waals surface area contributed by atoms with Gasteiger partial charge >= 0.3 is 6.18 Å². The lowest BCUT2D eigenvalue weighted by Gasteiger charge is -2.09. The van der Waals surface area contributed by atoms with E-state index in [1.54, 1.807) is 24.8 Å². The van der Waals surface area contributed by atoms with E-state index in [2.05, 4.69) is 0 Å². The van der Waals surface area contributed by atoms with Gasteiger partial charge in [-0.3, -0.25) is 0 Å². The molecule has 22 heavy (non-hydrogen) atoms. The minimum atomic E-state index is -4.18. The van der Waals surface area contributed by atoms with Crippen molar-refractivity contribution in [2.75, 3.05) is 32.2 Å². The van der Waals surface area contributed by atoms with Crippen LogP contribution in [0.3, 0.4) is 0 Å².